The molecule has 0 unspecified atom stereocenters. The molecule has 1 aromatic rings. The van der Waals surface area contributed by atoms with Crippen LogP contribution in [0.5, 0.6) is 0 Å². The Morgan fingerprint density at radius 3 is 2.90 bits per heavy atom. The Balaban J connectivity index is 2.06. The van der Waals surface area contributed by atoms with Crippen LogP contribution in [0.3, 0.4) is 0 Å². The van der Waals surface area contributed by atoms with E-state index in [9.17, 15) is 4.79 Å². The van der Waals surface area contributed by atoms with Crippen LogP contribution in [0.15, 0.2) is 12.3 Å². The third kappa shape index (κ3) is 3.49. The number of nitrogens with zero attached hydrogens (tertiary/aromatic N) is 2. The van der Waals surface area contributed by atoms with Crippen molar-refractivity contribution in [2.75, 3.05) is 38.7 Å². The summed E-state index contributed by atoms with van der Waals surface area (Å²) in [5, 5.41) is 13.8. The number of carbonyl (C=O) groups excluding carboxylic acids is 1. The fourth-order valence-electron chi connectivity index (χ4n) is 2.43. The van der Waals surface area contributed by atoms with Crippen LogP contribution in [0.25, 0.3) is 0 Å². The van der Waals surface area contributed by atoms with Crippen molar-refractivity contribution in [1.82, 2.24) is 20.4 Å². The number of nitrogens with one attached hydrogen (secondary N) is 3. The fraction of sp³-hybridized carbons (Fsp3) is 0.692. The minimum absolute atomic E-state index is 0.0155. The smallest absolute Gasteiger partial charge is 0.245 e. The number of hydrogen-bond donors (Lipinski definition) is 3. The molecule has 0 aliphatic carbocycles. The molecule has 7 heteroatoms. The number of amides is 1. The van der Waals surface area contributed by atoms with Crippen LogP contribution in [-0.2, 0) is 16.6 Å². The van der Waals surface area contributed by atoms with Crippen molar-refractivity contribution in [3.63, 3.8) is 0 Å². The molecule has 1 aliphatic heterocycles. The lowest BCUT2D eigenvalue weighted by molar-refractivity contribution is -0.126. The van der Waals surface area contributed by atoms with E-state index in [4.69, 9.17) is 4.74 Å². The molecule has 20 heavy (non-hydrogen) atoms. The Morgan fingerprint density at radius 2 is 2.30 bits per heavy atom. The Labute approximate surface area is 119 Å². The Kier molecular flexibility index (Phi) is 4.97. The summed E-state index contributed by atoms with van der Waals surface area (Å²) in [6.45, 7) is 2.67. The number of hydrogen-bond acceptors (Lipinski definition) is 5. The highest BCUT2D eigenvalue weighted by Crippen LogP contribution is 2.23. The van der Waals surface area contributed by atoms with E-state index in [2.05, 4.69) is 21.0 Å². The van der Waals surface area contributed by atoms with E-state index in [1.165, 1.54) is 0 Å². The Hall–Kier alpha value is -1.60. The quantitative estimate of drug-likeness (QED) is 0.625. The minimum Gasteiger partial charge on any atom is -0.383 e. The van der Waals surface area contributed by atoms with Gasteiger partial charge in [0, 0.05) is 33.0 Å². The average Bonchev–Trinajstić information content (AvgIpc) is 2.85. The van der Waals surface area contributed by atoms with Gasteiger partial charge in [-0.05, 0) is 25.9 Å². The molecule has 0 radical (unpaired) electrons. The molecule has 7 nitrogen and oxygen atoms in total. The largest absolute Gasteiger partial charge is 0.383 e. The van der Waals surface area contributed by atoms with Gasteiger partial charge in [-0.1, -0.05) is 0 Å². The molecule has 1 amide bonds. The van der Waals surface area contributed by atoms with E-state index < -0.39 is 5.54 Å². The fourth-order valence-corrected chi connectivity index (χ4v) is 2.43. The molecule has 3 N–H and O–H groups in total. The van der Waals surface area contributed by atoms with Gasteiger partial charge in [-0.3, -0.25) is 9.48 Å². The van der Waals surface area contributed by atoms with Gasteiger partial charge in [0.05, 0.1) is 6.61 Å². The van der Waals surface area contributed by atoms with Crippen LogP contribution in [0.1, 0.15) is 12.8 Å². The molecule has 0 aromatic carbocycles. The van der Waals surface area contributed by atoms with E-state index in [0.29, 0.717) is 13.2 Å². The normalized spacial score (nSPS) is 17.7. The molecule has 2 rings (SSSR count). The molecule has 112 valence electrons. The van der Waals surface area contributed by atoms with Crippen molar-refractivity contribution in [2.24, 2.45) is 7.05 Å². The van der Waals surface area contributed by atoms with Gasteiger partial charge in [-0.25, -0.2) is 0 Å². The van der Waals surface area contributed by atoms with E-state index in [-0.39, 0.29) is 5.91 Å². The Morgan fingerprint density at radius 1 is 1.55 bits per heavy atom. The predicted molar refractivity (Wildman–Crippen MR) is 76.6 cm³/mol. The van der Waals surface area contributed by atoms with Crippen LogP contribution in [-0.4, -0.2) is 54.6 Å². The van der Waals surface area contributed by atoms with Crippen molar-refractivity contribution < 1.29 is 9.53 Å². The number of rotatable bonds is 6. The third-order valence-electron chi connectivity index (χ3n) is 3.56. The molecule has 0 saturated carbocycles. The van der Waals surface area contributed by atoms with E-state index >= 15 is 0 Å². The maximum atomic E-state index is 12.5. The molecule has 0 spiro atoms. The highest BCUT2D eigenvalue weighted by Gasteiger charge is 2.39. The maximum Gasteiger partial charge on any atom is 0.245 e. The van der Waals surface area contributed by atoms with Gasteiger partial charge in [-0.15, -0.1) is 0 Å². The van der Waals surface area contributed by atoms with Crippen molar-refractivity contribution in [3.05, 3.63) is 12.3 Å². The van der Waals surface area contributed by atoms with E-state index in [0.717, 1.165) is 31.7 Å². The topological polar surface area (TPSA) is 80.2 Å². The zero-order valence-corrected chi connectivity index (χ0v) is 12.1. The molecule has 0 atom stereocenters. The maximum absolute atomic E-state index is 12.5. The number of ether oxygens (including phenoxy) is 1. The van der Waals surface area contributed by atoms with Crippen molar-refractivity contribution >= 4 is 11.7 Å². The zero-order chi connectivity index (χ0) is 14.4. The second-order valence-electron chi connectivity index (χ2n) is 5.08. The molecule has 1 aromatic heterocycles. The Bertz CT molecular complexity index is 440. The highest BCUT2D eigenvalue weighted by molar-refractivity contribution is 5.89. The first-order chi connectivity index (χ1) is 9.66. The lowest BCUT2D eigenvalue weighted by Gasteiger charge is -2.37. The lowest BCUT2D eigenvalue weighted by Crippen LogP contribution is -2.58. The molecule has 1 aliphatic rings. The number of methoxy groups -OCH3 is 1. The van der Waals surface area contributed by atoms with Gasteiger partial charge in [0.15, 0.2) is 0 Å². The van der Waals surface area contributed by atoms with Crippen LogP contribution in [0.4, 0.5) is 5.82 Å². The summed E-state index contributed by atoms with van der Waals surface area (Å²) in [6, 6.07) is 1.88. The number of carbonyl (C=O) groups is 1. The molecular weight excluding hydrogens is 258 g/mol. The number of anilines is 1. The first kappa shape index (κ1) is 14.8. The van der Waals surface area contributed by atoms with Crippen molar-refractivity contribution in [1.29, 1.82) is 0 Å². The van der Waals surface area contributed by atoms with Gasteiger partial charge in [0.2, 0.25) is 5.91 Å². The van der Waals surface area contributed by atoms with Gasteiger partial charge in [0.1, 0.15) is 11.4 Å². The predicted octanol–water partition coefficient (Wildman–Crippen LogP) is -0.283. The zero-order valence-electron chi connectivity index (χ0n) is 12.1. The first-order valence-electron chi connectivity index (χ1n) is 6.92. The summed E-state index contributed by atoms with van der Waals surface area (Å²) in [5.41, 5.74) is -0.590. The third-order valence-corrected chi connectivity index (χ3v) is 3.56. The van der Waals surface area contributed by atoms with Crippen LogP contribution in [0, 0.1) is 0 Å². The van der Waals surface area contributed by atoms with Gasteiger partial charge in [-0.2, -0.15) is 5.10 Å². The van der Waals surface area contributed by atoms with E-state index in [1.54, 1.807) is 11.8 Å². The molecule has 1 saturated heterocycles. The van der Waals surface area contributed by atoms with Crippen LogP contribution >= 0.6 is 0 Å². The molecule has 1 fully saturated rings. The molecular formula is C13H23N5O2. The monoisotopic (exact) mass is 281 g/mol. The summed E-state index contributed by atoms with van der Waals surface area (Å²) in [5.74, 6) is 0.748. The van der Waals surface area contributed by atoms with Crippen molar-refractivity contribution in [3.8, 4) is 0 Å². The standard InChI is InChI=1S/C13H23N5O2/c1-18-9-3-11(17-18)16-13(4-6-14-7-5-13)12(19)15-8-10-20-2/h3,9,14H,4-8,10H2,1-2H3,(H,15,19)(H,16,17). The number of piperidine rings is 1. The molecule has 2 heterocycles. The van der Waals surface area contributed by atoms with Gasteiger partial charge in [0.25, 0.3) is 0 Å². The van der Waals surface area contributed by atoms with Gasteiger partial charge < -0.3 is 20.7 Å². The lowest BCUT2D eigenvalue weighted by atomic mass is 9.87. The summed E-state index contributed by atoms with van der Waals surface area (Å²) < 4.78 is 6.69. The summed E-state index contributed by atoms with van der Waals surface area (Å²) >= 11 is 0. The van der Waals surface area contributed by atoms with Crippen molar-refractivity contribution in [2.45, 2.75) is 18.4 Å². The van der Waals surface area contributed by atoms with Gasteiger partial charge >= 0.3 is 0 Å². The average molecular weight is 281 g/mol. The second kappa shape index (κ2) is 6.71. The summed E-state index contributed by atoms with van der Waals surface area (Å²) in [7, 11) is 3.48. The minimum atomic E-state index is -0.590. The summed E-state index contributed by atoms with van der Waals surface area (Å²) in [6.07, 6.45) is 3.34. The molecule has 0 bridgehead atoms. The SMILES string of the molecule is COCCNC(=O)C1(Nc2ccn(C)n2)CCNCC1. The number of aryl methyl sites for hydroxylation is 1. The highest BCUT2D eigenvalue weighted by atomic mass is 16.5. The first-order valence-corrected chi connectivity index (χ1v) is 6.92. The van der Waals surface area contributed by atoms with Crippen LogP contribution < -0.4 is 16.0 Å². The summed E-state index contributed by atoms with van der Waals surface area (Å²) in [4.78, 5) is 12.5. The number of aromatic nitrogens is 2. The van der Waals surface area contributed by atoms with Crippen LogP contribution in [0.2, 0.25) is 0 Å². The van der Waals surface area contributed by atoms with E-state index in [1.807, 2.05) is 19.3 Å². The second-order valence-corrected chi connectivity index (χ2v) is 5.08.